The fourth-order valence-electron chi connectivity index (χ4n) is 2.17. The predicted molar refractivity (Wildman–Crippen MR) is 101 cm³/mol. The van der Waals surface area contributed by atoms with Crippen molar-refractivity contribution in [3.05, 3.63) is 63.6 Å². The van der Waals surface area contributed by atoms with E-state index in [1.807, 2.05) is 0 Å². The van der Waals surface area contributed by atoms with Crippen LogP contribution in [0.25, 0.3) is 0 Å². The number of hydrogen-bond acceptors (Lipinski definition) is 4. The van der Waals surface area contributed by atoms with Crippen LogP contribution in [0.3, 0.4) is 0 Å². The Balaban J connectivity index is 1.93. The van der Waals surface area contributed by atoms with Crippen LogP contribution >= 0.6 is 23.2 Å². The van der Waals surface area contributed by atoms with Gasteiger partial charge in [0.05, 0.1) is 6.42 Å². The van der Waals surface area contributed by atoms with Gasteiger partial charge >= 0.3 is 5.97 Å². The lowest BCUT2D eigenvalue weighted by atomic mass is 10.1. The molecule has 0 spiro atoms. The zero-order valence-corrected chi connectivity index (χ0v) is 15.7. The number of carbonyl (C=O) groups excluding carboxylic acids is 3. The number of amides is 1. The number of nitrogens with one attached hydrogen (secondary N) is 1. The second kappa shape index (κ2) is 8.83. The Kier molecular flexibility index (Phi) is 6.77. The van der Waals surface area contributed by atoms with Gasteiger partial charge in [-0.3, -0.25) is 14.4 Å². The first-order chi connectivity index (χ1) is 12.3. The van der Waals surface area contributed by atoms with Gasteiger partial charge in [0, 0.05) is 26.9 Å². The van der Waals surface area contributed by atoms with Gasteiger partial charge in [0.2, 0.25) is 0 Å². The molecule has 0 aliphatic carbocycles. The molecule has 136 valence electrons. The number of esters is 1. The molecule has 2 aromatic rings. The van der Waals surface area contributed by atoms with E-state index >= 15 is 0 Å². The van der Waals surface area contributed by atoms with Gasteiger partial charge in [0.15, 0.2) is 11.9 Å². The number of anilines is 1. The number of hydrogen-bond donors (Lipinski definition) is 1. The third-order valence-corrected chi connectivity index (χ3v) is 4.33. The van der Waals surface area contributed by atoms with Crippen molar-refractivity contribution in [1.82, 2.24) is 0 Å². The molecule has 0 bridgehead atoms. The van der Waals surface area contributed by atoms with Gasteiger partial charge in [0.1, 0.15) is 0 Å². The van der Waals surface area contributed by atoms with E-state index in [0.717, 1.165) is 0 Å². The molecule has 2 aromatic carbocycles. The SMILES string of the molecule is CC(=O)c1ccc(NC(=O)[C@@H](C)OC(=O)Cc2c(Cl)cccc2Cl)cc1. The van der Waals surface area contributed by atoms with Crippen molar-refractivity contribution in [2.24, 2.45) is 0 Å². The van der Waals surface area contributed by atoms with Gasteiger partial charge in [0.25, 0.3) is 5.91 Å². The normalized spacial score (nSPS) is 11.5. The first kappa shape index (κ1) is 19.9. The highest BCUT2D eigenvalue weighted by atomic mass is 35.5. The highest BCUT2D eigenvalue weighted by molar-refractivity contribution is 6.36. The van der Waals surface area contributed by atoms with Crippen molar-refractivity contribution in [1.29, 1.82) is 0 Å². The van der Waals surface area contributed by atoms with Crippen LogP contribution in [0.15, 0.2) is 42.5 Å². The van der Waals surface area contributed by atoms with Gasteiger partial charge in [-0.2, -0.15) is 0 Å². The molecule has 1 N–H and O–H groups in total. The van der Waals surface area contributed by atoms with E-state index in [2.05, 4.69) is 5.32 Å². The molecule has 0 saturated heterocycles. The van der Waals surface area contributed by atoms with E-state index in [1.54, 1.807) is 42.5 Å². The quantitative estimate of drug-likeness (QED) is 0.586. The highest BCUT2D eigenvalue weighted by Crippen LogP contribution is 2.25. The van der Waals surface area contributed by atoms with Gasteiger partial charge in [-0.25, -0.2) is 0 Å². The van der Waals surface area contributed by atoms with Crippen LogP contribution in [-0.2, 0) is 20.7 Å². The first-order valence-electron chi connectivity index (χ1n) is 7.82. The lowest BCUT2D eigenvalue weighted by Gasteiger charge is -2.14. The molecule has 0 heterocycles. The number of halogens is 2. The Labute approximate surface area is 161 Å². The molecule has 0 fully saturated rings. The standard InChI is InChI=1S/C19H17Cl2NO4/c1-11(23)13-6-8-14(9-7-13)22-19(25)12(2)26-18(24)10-15-16(20)4-3-5-17(15)21/h3-9,12H,10H2,1-2H3,(H,22,25)/t12-/m1/s1. The number of carbonyl (C=O) groups is 3. The number of ether oxygens (including phenoxy) is 1. The van der Waals surface area contributed by atoms with Crippen LogP contribution in [0.5, 0.6) is 0 Å². The first-order valence-corrected chi connectivity index (χ1v) is 8.57. The Bertz CT molecular complexity index is 814. The van der Waals surface area contributed by atoms with Crippen LogP contribution in [0.1, 0.15) is 29.8 Å². The Morgan fingerprint density at radius 2 is 1.62 bits per heavy atom. The predicted octanol–water partition coefficient (Wildman–Crippen LogP) is 4.31. The second-order valence-corrected chi connectivity index (χ2v) is 6.45. The average molecular weight is 394 g/mol. The largest absolute Gasteiger partial charge is 0.452 e. The van der Waals surface area contributed by atoms with E-state index in [4.69, 9.17) is 27.9 Å². The van der Waals surface area contributed by atoms with Crippen LogP contribution in [0, 0.1) is 0 Å². The molecule has 1 atom stereocenters. The fourth-order valence-corrected chi connectivity index (χ4v) is 2.70. The molecule has 0 saturated carbocycles. The van der Waals surface area contributed by atoms with E-state index in [0.29, 0.717) is 26.9 Å². The highest BCUT2D eigenvalue weighted by Gasteiger charge is 2.20. The van der Waals surface area contributed by atoms with Crippen LogP contribution in [-0.4, -0.2) is 23.8 Å². The van der Waals surface area contributed by atoms with Crippen molar-refractivity contribution < 1.29 is 19.1 Å². The van der Waals surface area contributed by atoms with Crippen molar-refractivity contribution >= 4 is 46.5 Å². The molecule has 0 unspecified atom stereocenters. The van der Waals surface area contributed by atoms with E-state index < -0.39 is 18.0 Å². The smallest absolute Gasteiger partial charge is 0.311 e. The third kappa shape index (κ3) is 5.31. The molecular formula is C19H17Cl2NO4. The third-order valence-electron chi connectivity index (χ3n) is 3.62. The maximum Gasteiger partial charge on any atom is 0.311 e. The van der Waals surface area contributed by atoms with Gasteiger partial charge in [-0.15, -0.1) is 0 Å². The molecule has 5 nitrogen and oxygen atoms in total. The monoisotopic (exact) mass is 393 g/mol. The maximum absolute atomic E-state index is 12.1. The van der Waals surface area contributed by atoms with Crippen molar-refractivity contribution in [2.75, 3.05) is 5.32 Å². The Hall–Kier alpha value is -2.37. The summed E-state index contributed by atoms with van der Waals surface area (Å²) in [4.78, 5) is 35.4. The molecule has 0 aliphatic heterocycles. The second-order valence-electron chi connectivity index (χ2n) is 5.63. The molecular weight excluding hydrogens is 377 g/mol. The molecule has 0 aliphatic rings. The van der Waals surface area contributed by atoms with E-state index in [-0.39, 0.29) is 12.2 Å². The summed E-state index contributed by atoms with van der Waals surface area (Å²) in [6, 6.07) is 11.3. The topological polar surface area (TPSA) is 72.5 Å². The number of Topliss-reactive ketones (excluding diaryl/α,β-unsaturated/α-hetero) is 1. The van der Waals surface area contributed by atoms with Crippen molar-refractivity contribution in [2.45, 2.75) is 26.4 Å². The lowest BCUT2D eigenvalue weighted by molar-refractivity contribution is -0.152. The summed E-state index contributed by atoms with van der Waals surface area (Å²) in [5, 5.41) is 3.34. The van der Waals surface area contributed by atoms with Crippen molar-refractivity contribution in [3.8, 4) is 0 Å². The summed E-state index contributed by atoms with van der Waals surface area (Å²) in [6.07, 6.45) is -1.14. The summed E-state index contributed by atoms with van der Waals surface area (Å²) in [7, 11) is 0. The number of benzene rings is 2. The molecule has 2 rings (SSSR count). The zero-order valence-electron chi connectivity index (χ0n) is 14.2. The number of ketones is 1. The minimum absolute atomic E-state index is 0.0663. The van der Waals surface area contributed by atoms with Crippen LogP contribution in [0.4, 0.5) is 5.69 Å². The van der Waals surface area contributed by atoms with Gasteiger partial charge in [-0.05, 0) is 50.2 Å². The van der Waals surface area contributed by atoms with Gasteiger partial charge < -0.3 is 10.1 Å². The minimum Gasteiger partial charge on any atom is -0.452 e. The molecule has 0 aromatic heterocycles. The summed E-state index contributed by atoms with van der Waals surface area (Å²) in [5.74, 6) is -1.17. The van der Waals surface area contributed by atoms with Crippen molar-refractivity contribution in [3.63, 3.8) is 0 Å². The Morgan fingerprint density at radius 3 is 2.15 bits per heavy atom. The fraction of sp³-hybridized carbons (Fsp3) is 0.211. The molecule has 26 heavy (non-hydrogen) atoms. The number of rotatable bonds is 6. The zero-order chi connectivity index (χ0) is 19.3. The van der Waals surface area contributed by atoms with Crippen LogP contribution in [0.2, 0.25) is 10.0 Å². The van der Waals surface area contributed by atoms with Gasteiger partial charge in [-0.1, -0.05) is 29.3 Å². The molecule has 0 radical (unpaired) electrons. The summed E-state index contributed by atoms with van der Waals surface area (Å²) < 4.78 is 5.14. The van der Waals surface area contributed by atoms with E-state index in [1.165, 1.54) is 13.8 Å². The molecule has 1 amide bonds. The average Bonchev–Trinajstić information content (AvgIpc) is 2.58. The summed E-state index contributed by atoms with van der Waals surface area (Å²) >= 11 is 12.0. The minimum atomic E-state index is -1.00. The molecule has 7 heteroatoms. The van der Waals surface area contributed by atoms with Crippen LogP contribution < -0.4 is 5.32 Å². The Morgan fingerprint density at radius 1 is 1.04 bits per heavy atom. The maximum atomic E-state index is 12.1. The summed E-state index contributed by atoms with van der Waals surface area (Å²) in [6.45, 7) is 2.92. The lowest BCUT2D eigenvalue weighted by Crippen LogP contribution is -2.30. The summed E-state index contributed by atoms with van der Waals surface area (Å²) in [5.41, 5.74) is 1.49. The van der Waals surface area contributed by atoms with E-state index in [9.17, 15) is 14.4 Å².